The molecule has 4 rings (SSSR count). The number of fused-ring (bicyclic) bond motifs is 1. The number of hydrogen-bond acceptors (Lipinski definition) is 5. The number of benzene rings is 2. The van der Waals surface area contributed by atoms with Gasteiger partial charge in [0.1, 0.15) is 5.75 Å². The quantitative estimate of drug-likeness (QED) is 0.683. The van der Waals surface area contributed by atoms with E-state index >= 15 is 0 Å². The smallest absolute Gasteiger partial charge is 0.317 e. The first-order chi connectivity index (χ1) is 13.2. The van der Waals surface area contributed by atoms with Crippen LogP contribution in [-0.4, -0.2) is 40.6 Å². The first-order valence-electron chi connectivity index (χ1n) is 9.22. The third kappa shape index (κ3) is 4.64. The lowest BCUT2D eigenvalue weighted by Crippen LogP contribution is -2.37. The molecule has 1 aliphatic heterocycles. The average Bonchev–Trinajstić information content (AvgIpc) is 3.07. The highest BCUT2D eigenvalue weighted by Crippen LogP contribution is 2.31. The number of carbonyl (C=O) groups is 1. The van der Waals surface area contributed by atoms with E-state index < -0.39 is 5.97 Å². The third-order valence-corrected chi connectivity index (χ3v) is 5.91. The van der Waals surface area contributed by atoms with Gasteiger partial charge in [-0.1, -0.05) is 35.6 Å². The summed E-state index contributed by atoms with van der Waals surface area (Å²) < 4.78 is 7.03. The summed E-state index contributed by atoms with van der Waals surface area (Å²) >= 11 is 1.55. The van der Waals surface area contributed by atoms with E-state index in [2.05, 4.69) is 17.1 Å². The van der Waals surface area contributed by atoms with Crippen molar-refractivity contribution in [2.45, 2.75) is 19.3 Å². The molecule has 27 heavy (non-hydrogen) atoms. The molecule has 2 heterocycles. The average molecular weight is 382 g/mol. The van der Waals surface area contributed by atoms with E-state index in [0.717, 1.165) is 48.3 Å². The number of piperidine rings is 1. The fraction of sp³-hybridized carbons (Fsp3) is 0.333. The Morgan fingerprint density at radius 2 is 1.89 bits per heavy atom. The van der Waals surface area contributed by atoms with Crippen molar-refractivity contribution in [1.29, 1.82) is 0 Å². The molecule has 1 N–H and O–H groups in total. The van der Waals surface area contributed by atoms with Gasteiger partial charge in [-0.3, -0.25) is 9.69 Å². The molecule has 0 aliphatic carbocycles. The molecule has 1 aromatic heterocycles. The lowest BCUT2D eigenvalue weighted by Gasteiger charge is -2.30. The van der Waals surface area contributed by atoms with Crippen LogP contribution in [0, 0.1) is 5.92 Å². The molecule has 5 nitrogen and oxygen atoms in total. The van der Waals surface area contributed by atoms with Crippen LogP contribution in [-0.2, 0) is 11.2 Å². The molecule has 0 spiro atoms. The van der Waals surface area contributed by atoms with E-state index in [1.807, 2.05) is 41.3 Å². The third-order valence-electron chi connectivity index (χ3n) is 4.99. The van der Waals surface area contributed by atoms with Crippen molar-refractivity contribution in [2.24, 2.45) is 5.92 Å². The summed E-state index contributed by atoms with van der Waals surface area (Å²) in [5.74, 6) is 0.678. The summed E-state index contributed by atoms with van der Waals surface area (Å²) in [6, 6.07) is 16.3. The Kier molecular flexibility index (Phi) is 5.36. The zero-order valence-electron chi connectivity index (χ0n) is 15.0. The minimum absolute atomic E-state index is 0.157. The number of aromatic nitrogens is 1. The SMILES string of the molecule is O=C(O)CN1CCC(Cc2ccc(Oc3nc4ccccc4s3)cc2)CC1. The first-order valence-corrected chi connectivity index (χ1v) is 10.0. The second-order valence-corrected chi connectivity index (χ2v) is 8.00. The highest BCUT2D eigenvalue weighted by atomic mass is 32.1. The predicted octanol–water partition coefficient (Wildman–Crippen LogP) is 4.43. The van der Waals surface area contributed by atoms with Gasteiger partial charge in [0.25, 0.3) is 5.19 Å². The van der Waals surface area contributed by atoms with Crippen LogP contribution in [0.25, 0.3) is 10.2 Å². The number of para-hydroxylation sites is 1. The van der Waals surface area contributed by atoms with Crippen LogP contribution in [0.5, 0.6) is 10.9 Å². The summed E-state index contributed by atoms with van der Waals surface area (Å²) in [6.07, 6.45) is 3.14. The Hall–Kier alpha value is -2.44. The Morgan fingerprint density at radius 1 is 1.15 bits per heavy atom. The van der Waals surface area contributed by atoms with Crippen LogP contribution in [0.4, 0.5) is 0 Å². The van der Waals surface area contributed by atoms with Gasteiger partial charge in [-0.25, -0.2) is 4.98 Å². The number of aliphatic carboxylic acids is 1. The minimum atomic E-state index is -0.739. The van der Waals surface area contributed by atoms with Crippen LogP contribution >= 0.6 is 11.3 Å². The highest BCUT2D eigenvalue weighted by Gasteiger charge is 2.20. The largest absolute Gasteiger partial charge is 0.480 e. The van der Waals surface area contributed by atoms with Crippen molar-refractivity contribution < 1.29 is 14.6 Å². The lowest BCUT2D eigenvalue weighted by molar-refractivity contribution is -0.138. The maximum absolute atomic E-state index is 10.8. The van der Waals surface area contributed by atoms with Crippen LogP contribution in [0.2, 0.25) is 0 Å². The predicted molar refractivity (Wildman–Crippen MR) is 107 cm³/mol. The molecule has 1 saturated heterocycles. The molecule has 0 atom stereocenters. The number of hydrogen-bond donors (Lipinski definition) is 1. The molecule has 0 radical (unpaired) electrons. The molecule has 1 aliphatic rings. The van der Waals surface area contributed by atoms with Crippen LogP contribution in [0.3, 0.4) is 0 Å². The van der Waals surface area contributed by atoms with E-state index in [0.29, 0.717) is 11.1 Å². The molecule has 3 aromatic rings. The molecular weight excluding hydrogens is 360 g/mol. The molecule has 0 amide bonds. The fourth-order valence-electron chi connectivity index (χ4n) is 3.56. The molecular formula is C21H22N2O3S. The van der Waals surface area contributed by atoms with E-state index in [1.165, 1.54) is 5.56 Å². The lowest BCUT2D eigenvalue weighted by atomic mass is 9.90. The van der Waals surface area contributed by atoms with Crippen LogP contribution < -0.4 is 4.74 Å². The molecule has 0 unspecified atom stereocenters. The van der Waals surface area contributed by atoms with Gasteiger partial charge < -0.3 is 9.84 Å². The van der Waals surface area contributed by atoms with Crippen LogP contribution in [0.15, 0.2) is 48.5 Å². The monoisotopic (exact) mass is 382 g/mol. The molecule has 140 valence electrons. The van der Waals surface area contributed by atoms with Gasteiger partial charge in [0.2, 0.25) is 0 Å². The van der Waals surface area contributed by atoms with Gasteiger partial charge in [-0.2, -0.15) is 0 Å². The Labute approximate surface area is 162 Å². The molecule has 0 bridgehead atoms. The Balaban J connectivity index is 1.32. The van der Waals surface area contributed by atoms with Crippen LogP contribution in [0.1, 0.15) is 18.4 Å². The van der Waals surface area contributed by atoms with E-state index in [4.69, 9.17) is 9.84 Å². The number of thiazole rings is 1. The zero-order chi connectivity index (χ0) is 18.6. The van der Waals surface area contributed by atoms with Crippen molar-refractivity contribution in [3.8, 4) is 10.9 Å². The number of likely N-dealkylation sites (tertiary alicyclic amines) is 1. The van der Waals surface area contributed by atoms with Gasteiger partial charge in [-0.05, 0) is 68.1 Å². The fourth-order valence-corrected chi connectivity index (χ4v) is 4.40. The molecule has 1 fully saturated rings. The standard InChI is InChI=1S/C21H22N2O3S/c24-20(25)14-23-11-9-16(10-12-23)13-15-5-7-17(8-6-15)26-21-22-18-3-1-2-4-19(18)27-21/h1-8,16H,9-14H2,(H,24,25). The topological polar surface area (TPSA) is 62.7 Å². The second kappa shape index (κ2) is 8.06. The summed E-state index contributed by atoms with van der Waals surface area (Å²) in [4.78, 5) is 17.3. The number of rotatable bonds is 6. The highest BCUT2D eigenvalue weighted by molar-refractivity contribution is 7.20. The normalized spacial score (nSPS) is 15.9. The zero-order valence-corrected chi connectivity index (χ0v) is 15.8. The first kappa shape index (κ1) is 17.9. The molecule has 0 saturated carbocycles. The second-order valence-electron chi connectivity index (χ2n) is 7.01. The van der Waals surface area contributed by atoms with Crippen molar-refractivity contribution in [3.63, 3.8) is 0 Å². The van der Waals surface area contributed by atoms with Gasteiger partial charge in [0.15, 0.2) is 0 Å². The van der Waals surface area contributed by atoms with E-state index in [1.54, 1.807) is 11.3 Å². The minimum Gasteiger partial charge on any atom is -0.480 e. The van der Waals surface area contributed by atoms with Gasteiger partial charge >= 0.3 is 5.97 Å². The van der Waals surface area contributed by atoms with Crippen molar-refractivity contribution in [2.75, 3.05) is 19.6 Å². The Morgan fingerprint density at radius 3 is 2.59 bits per heavy atom. The molecule has 2 aromatic carbocycles. The number of carboxylic acids is 1. The summed E-state index contributed by atoms with van der Waals surface area (Å²) in [5, 5.41) is 9.54. The van der Waals surface area contributed by atoms with Crippen molar-refractivity contribution in [3.05, 3.63) is 54.1 Å². The molecule has 6 heteroatoms. The maximum Gasteiger partial charge on any atom is 0.317 e. The van der Waals surface area contributed by atoms with Crippen molar-refractivity contribution >= 4 is 27.5 Å². The number of ether oxygens (including phenoxy) is 1. The van der Waals surface area contributed by atoms with Gasteiger partial charge in [0, 0.05) is 0 Å². The van der Waals surface area contributed by atoms with Crippen molar-refractivity contribution in [1.82, 2.24) is 9.88 Å². The summed E-state index contributed by atoms with van der Waals surface area (Å²) in [6.45, 7) is 1.90. The Bertz CT molecular complexity index is 882. The maximum atomic E-state index is 10.8. The van der Waals surface area contributed by atoms with E-state index in [9.17, 15) is 4.79 Å². The van der Waals surface area contributed by atoms with Gasteiger partial charge in [0.05, 0.1) is 16.8 Å². The summed E-state index contributed by atoms with van der Waals surface area (Å²) in [7, 11) is 0. The van der Waals surface area contributed by atoms with Gasteiger partial charge in [-0.15, -0.1) is 0 Å². The number of carboxylic acid groups (broad SMARTS) is 1. The van der Waals surface area contributed by atoms with E-state index in [-0.39, 0.29) is 6.54 Å². The summed E-state index contributed by atoms with van der Waals surface area (Å²) in [5.41, 5.74) is 2.26. The number of nitrogens with zero attached hydrogens (tertiary/aromatic N) is 2.